The van der Waals surface area contributed by atoms with Crippen molar-refractivity contribution in [3.05, 3.63) is 47.7 Å². The van der Waals surface area contributed by atoms with Gasteiger partial charge in [-0.15, -0.1) is 0 Å². The molecule has 1 N–H and O–H groups in total. The number of carbonyl (C=O) groups excluding carboxylic acids is 1. The summed E-state index contributed by atoms with van der Waals surface area (Å²) in [6.45, 7) is 6.46. The van der Waals surface area contributed by atoms with Crippen LogP contribution >= 0.6 is 0 Å². The fourth-order valence-electron chi connectivity index (χ4n) is 2.69. The van der Waals surface area contributed by atoms with Crippen molar-refractivity contribution in [1.82, 2.24) is 5.32 Å². The van der Waals surface area contributed by atoms with Gasteiger partial charge in [-0.2, -0.15) is 0 Å². The van der Waals surface area contributed by atoms with Gasteiger partial charge in [-0.3, -0.25) is 4.79 Å². The highest BCUT2D eigenvalue weighted by molar-refractivity contribution is 5.79. The van der Waals surface area contributed by atoms with Gasteiger partial charge in [0.15, 0.2) is 0 Å². The molecule has 108 valence electrons. The Morgan fingerprint density at radius 2 is 1.85 bits per heavy atom. The third-order valence-electron chi connectivity index (χ3n) is 3.76. The lowest BCUT2D eigenvalue weighted by molar-refractivity contribution is -0.122. The van der Waals surface area contributed by atoms with Gasteiger partial charge in [0.25, 0.3) is 0 Å². The van der Waals surface area contributed by atoms with Crippen LogP contribution in [-0.2, 0) is 9.53 Å². The Kier molecular flexibility index (Phi) is 4.17. The number of carbonyl (C=O) groups is 1. The normalized spacial score (nSPS) is 23.6. The molecule has 0 bridgehead atoms. The lowest BCUT2D eigenvalue weighted by Crippen LogP contribution is -2.46. The molecule has 0 fully saturated rings. The summed E-state index contributed by atoms with van der Waals surface area (Å²) in [5.41, 5.74) is 1.17. The lowest BCUT2D eigenvalue weighted by atomic mass is 9.76. The summed E-state index contributed by atoms with van der Waals surface area (Å²) in [5, 5.41) is 3.16. The number of hydrogen-bond donors (Lipinski definition) is 1. The van der Waals surface area contributed by atoms with E-state index in [2.05, 4.69) is 44.3 Å². The average molecular weight is 273 g/mol. The van der Waals surface area contributed by atoms with Crippen LogP contribution in [0, 0.1) is 5.41 Å². The standard InChI is InChI=1S/C17H23NO2/c1-17(2,3)16-14(12-8-6-5-7-9-12)10-13(20-4)11-15(19)18-16/h5-10,14,16H,11H2,1-4H3,(H,18,19)/t14-,16-/m1/s1. The number of methoxy groups -OCH3 is 1. The first-order chi connectivity index (χ1) is 9.41. The van der Waals surface area contributed by atoms with Crippen LogP contribution in [0.3, 0.4) is 0 Å². The maximum absolute atomic E-state index is 12.1. The fraction of sp³-hybridized carbons (Fsp3) is 0.471. The van der Waals surface area contributed by atoms with Crippen molar-refractivity contribution in [2.45, 2.75) is 39.2 Å². The van der Waals surface area contributed by atoms with Crippen molar-refractivity contribution in [2.75, 3.05) is 7.11 Å². The van der Waals surface area contributed by atoms with Gasteiger partial charge in [-0.05, 0) is 17.1 Å². The number of amides is 1. The Morgan fingerprint density at radius 3 is 2.40 bits per heavy atom. The van der Waals surface area contributed by atoms with Gasteiger partial charge < -0.3 is 10.1 Å². The van der Waals surface area contributed by atoms with E-state index in [1.807, 2.05) is 18.2 Å². The van der Waals surface area contributed by atoms with Crippen molar-refractivity contribution in [3.8, 4) is 0 Å². The van der Waals surface area contributed by atoms with E-state index in [9.17, 15) is 4.79 Å². The predicted octanol–water partition coefficient (Wildman–Crippen LogP) is 3.24. The summed E-state index contributed by atoms with van der Waals surface area (Å²) in [5.74, 6) is 0.886. The van der Waals surface area contributed by atoms with Crippen LogP contribution in [0.1, 0.15) is 38.7 Å². The minimum absolute atomic E-state index is 0.0245. The molecule has 3 heteroatoms. The van der Waals surface area contributed by atoms with Crippen LogP contribution in [0.2, 0.25) is 0 Å². The molecule has 1 aromatic carbocycles. The van der Waals surface area contributed by atoms with E-state index in [0.717, 1.165) is 5.76 Å². The lowest BCUT2D eigenvalue weighted by Gasteiger charge is -2.35. The van der Waals surface area contributed by atoms with E-state index >= 15 is 0 Å². The van der Waals surface area contributed by atoms with Gasteiger partial charge in [0.2, 0.25) is 5.91 Å². The maximum Gasteiger partial charge on any atom is 0.227 e. The summed E-state index contributed by atoms with van der Waals surface area (Å²) in [6, 6.07) is 10.3. The van der Waals surface area contributed by atoms with Gasteiger partial charge in [-0.25, -0.2) is 0 Å². The first kappa shape index (κ1) is 14.6. The smallest absolute Gasteiger partial charge is 0.227 e. The Morgan fingerprint density at radius 1 is 1.20 bits per heavy atom. The number of rotatable bonds is 2. The van der Waals surface area contributed by atoms with Crippen LogP contribution in [0.25, 0.3) is 0 Å². The Balaban J connectivity index is 2.47. The van der Waals surface area contributed by atoms with E-state index in [-0.39, 0.29) is 23.3 Å². The molecule has 2 rings (SSSR count). The largest absolute Gasteiger partial charge is 0.501 e. The second kappa shape index (κ2) is 5.70. The average Bonchev–Trinajstić information content (AvgIpc) is 2.58. The molecule has 1 heterocycles. The summed E-state index contributed by atoms with van der Waals surface area (Å²) < 4.78 is 5.35. The summed E-state index contributed by atoms with van der Waals surface area (Å²) >= 11 is 0. The van der Waals surface area contributed by atoms with Crippen LogP contribution in [0.15, 0.2) is 42.2 Å². The van der Waals surface area contributed by atoms with Crippen molar-refractivity contribution in [2.24, 2.45) is 5.41 Å². The van der Waals surface area contributed by atoms with Crippen LogP contribution in [0.5, 0.6) is 0 Å². The van der Waals surface area contributed by atoms with Crippen molar-refractivity contribution < 1.29 is 9.53 Å². The molecule has 2 atom stereocenters. The molecule has 20 heavy (non-hydrogen) atoms. The molecule has 1 aliphatic rings. The van der Waals surface area contributed by atoms with Crippen LogP contribution in [-0.4, -0.2) is 19.1 Å². The van der Waals surface area contributed by atoms with Crippen molar-refractivity contribution >= 4 is 5.91 Å². The highest BCUT2D eigenvalue weighted by Crippen LogP contribution is 2.35. The van der Waals surface area contributed by atoms with E-state index in [0.29, 0.717) is 6.42 Å². The number of hydrogen-bond acceptors (Lipinski definition) is 2. The van der Waals surface area contributed by atoms with Crippen molar-refractivity contribution in [1.29, 1.82) is 0 Å². The second-order valence-corrected chi connectivity index (χ2v) is 6.36. The molecule has 1 aliphatic heterocycles. The monoisotopic (exact) mass is 273 g/mol. The molecular formula is C17H23NO2. The van der Waals surface area contributed by atoms with Crippen LogP contribution in [0.4, 0.5) is 0 Å². The molecule has 0 spiro atoms. The third-order valence-corrected chi connectivity index (χ3v) is 3.76. The predicted molar refractivity (Wildman–Crippen MR) is 80.3 cm³/mol. The minimum Gasteiger partial charge on any atom is -0.501 e. The van der Waals surface area contributed by atoms with E-state index in [4.69, 9.17) is 4.74 Å². The fourth-order valence-corrected chi connectivity index (χ4v) is 2.69. The van der Waals surface area contributed by atoms with E-state index in [1.54, 1.807) is 7.11 Å². The number of benzene rings is 1. The Labute approximate surface area is 121 Å². The summed E-state index contributed by atoms with van der Waals surface area (Å²) in [7, 11) is 1.62. The van der Waals surface area contributed by atoms with Crippen LogP contribution < -0.4 is 5.32 Å². The highest BCUT2D eigenvalue weighted by atomic mass is 16.5. The van der Waals surface area contributed by atoms with Gasteiger partial charge in [0.1, 0.15) is 5.76 Å². The molecule has 0 unspecified atom stereocenters. The third kappa shape index (κ3) is 3.21. The molecule has 0 saturated heterocycles. The topological polar surface area (TPSA) is 38.3 Å². The molecule has 1 aromatic rings. The molecule has 0 aromatic heterocycles. The molecule has 1 amide bonds. The molecule has 0 radical (unpaired) electrons. The van der Waals surface area contributed by atoms with Gasteiger partial charge >= 0.3 is 0 Å². The quantitative estimate of drug-likeness (QED) is 0.898. The zero-order valence-corrected chi connectivity index (χ0v) is 12.6. The number of nitrogens with one attached hydrogen (secondary N) is 1. The zero-order chi connectivity index (χ0) is 14.8. The SMILES string of the molecule is COC1=C[C@H](c2ccccc2)[C@H](C(C)(C)C)NC(=O)C1. The second-order valence-electron chi connectivity index (χ2n) is 6.36. The molecule has 0 saturated carbocycles. The van der Waals surface area contributed by atoms with Gasteiger partial charge in [-0.1, -0.05) is 51.1 Å². The van der Waals surface area contributed by atoms with Gasteiger partial charge in [0, 0.05) is 12.0 Å². The molecule has 0 aliphatic carbocycles. The number of ether oxygens (including phenoxy) is 1. The van der Waals surface area contributed by atoms with E-state index < -0.39 is 0 Å². The Bertz CT molecular complexity index is 499. The first-order valence-electron chi connectivity index (χ1n) is 7.01. The molecule has 3 nitrogen and oxygen atoms in total. The molecular weight excluding hydrogens is 250 g/mol. The summed E-state index contributed by atoms with van der Waals surface area (Å²) in [4.78, 5) is 12.1. The van der Waals surface area contributed by atoms with E-state index in [1.165, 1.54) is 5.56 Å². The zero-order valence-electron chi connectivity index (χ0n) is 12.6. The van der Waals surface area contributed by atoms with Gasteiger partial charge in [0.05, 0.1) is 13.5 Å². The van der Waals surface area contributed by atoms with Crippen molar-refractivity contribution in [3.63, 3.8) is 0 Å². The minimum atomic E-state index is -0.0319. The maximum atomic E-state index is 12.1. The first-order valence-corrected chi connectivity index (χ1v) is 7.01. The Hall–Kier alpha value is -1.77. The highest BCUT2D eigenvalue weighted by Gasteiger charge is 2.35. The summed E-state index contributed by atoms with van der Waals surface area (Å²) in [6.07, 6.45) is 2.40.